The smallest absolute Gasteiger partial charge is 0.387 e. The molecule has 0 aliphatic carbocycles. The van der Waals surface area contributed by atoms with Gasteiger partial charge in [-0.3, -0.25) is 4.90 Å². The van der Waals surface area contributed by atoms with Crippen molar-refractivity contribution in [3.8, 4) is 5.75 Å². The Kier molecular flexibility index (Phi) is 4.31. The molecule has 1 aromatic rings. The SMILES string of the molecule is FC(F)Oc1ccc(CN2CCCCC2)cc1. The van der Waals surface area contributed by atoms with Crippen molar-refractivity contribution in [3.05, 3.63) is 29.8 Å². The fourth-order valence-electron chi connectivity index (χ4n) is 2.15. The summed E-state index contributed by atoms with van der Waals surface area (Å²) in [6.07, 6.45) is 3.83. The van der Waals surface area contributed by atoms with Crippen molar-refractivity contribution < 1.29 is 13.5 Å². The number of likely N-dealkylation sites (tertiary alicyclic amines) is 1. The molecule has 0 aromatic heterocycles. The van der Waals surface area contributed by atoms with Crippen LogP contribution in [0.3, 0.4) is 0 Å². The van der Waals surface area contributed by atoms with E-state index in [0.717, 1.165) is 25.2 Å². The molecule has 1 aliphatic rings. The second kappa shape index (κ2) is 5.96. The Hall–Kier alpha value is -1.16. The van der Waals surface area contributed by atoms with Gasteiger partial charge in [0, 0.05) is 6.54 Å². The van der Waals surface area contributed by atoms with E-state index in [1.165, 1.54) is 19.3 Å². The van der Waals surface area contributed by atoms with E-state index < -0.39 is 6.61 Å². The lowest BCUT2D eigenvalue weighted by molar-refractivity contribution is -0.0498. The van der Waals surface area contributed by atoms with Gasteiger partial charge in [0.1, 0.15) is 5.75 Å². The van der Waals surface area contributed by atoms with Gasteiger partial charge in [-0.25, -0.2) is 0 Å². The second-order valence-corrected chi connectivity index (χ2v) is 4.36. The zero-order chi connectivity index (χ0) is 12.1. The van der Waals surface area contributed by atoms with Crippen LogP contribution in [-0.2, 0) is 6.54 Å². The highest BCUT2D eigenvalue weighted by molar-refractivity contribution is 5.27. The molecule has 4 heteroatoms. The van der Waals surface area contributed by atoms with E-state index in [2.05, 4.69) is 9.64 Å². The molecule has 0 bridgehead atoms. The van der Waals surface area contributed by atoms with Gasteiger partial charge in [-0.05, 0) is 43.6 Å². The maximum absolute atomic E-state index is 12.0. The Morgan fingerprint density at radius 1 is 1.06 bits per heavy atom. The molecule has 94 valence electrons. The zero-order valence-electron chi connectivity index (χ0n) is 9.74. The largest absolute Gasteiger partial charge is 0.435 e. The van der Waals surface area contributed by atoms with Gasteiger partial charge in [-0.1, -0.05) is 18.6 Å². The van der Waals surface area contributed by atoms with E-state index in [0.29, 0.717) is 0 Å². The number of hydrogen-bond acceptors (Lipinski definition) is 2. The van der Waals surface area contributed by atoms with Crippen LogP contribution < -0.4 is 4.74 Å². The minimum atomic E-state index is -2.75. The zero-order valence-corrected chi connectivity index (χ0v) is 9.74. The number of halogens is 2. The summed E-state index contributed by atoms with van der Waals surface area (Å²) in [6.45, 7) is 0.419. The molecule has 1 fully saturated rings. The summed E-state index contributed by atoms with van der Waals surface area (Å²) in [5.74, 6) is 0.224. The quantitative estimate of drug-likeness (QED) is 0.802. The summed E-state index contributed by atoms with van der Waals surface area (Å²) in [4.78, 5) is 2.40. The van der Waals surface area contributed by atoms with E-state index in [9.17, 15) is 8.78 Å². The molecule has 1 aromatic carbocycles. The van der Waals surface area contributed by atoms with Gasteiger partial charge in [-0.2, -0.15) is 8.78 Å². The van der Waals surface area contributed by atoms with E-state index in [1.54, 1.807) is 12.1 Å². The van der Waals surface area contributed by atoms with Crippen molar-refractivity contribution in [3.63, 3.8) is 0 Å². The highest BCUT2D eigenvalue weighted by Gasteiger charge is 2.10. The molecule has 2 nitrogen and oxygen atoms in total. The standard InChI is InChI=1S/C13H17F2NO/c14-13(15)17-12-6-4-11(5-7-12)10-16-8-2-1-3-9-16/h4-7,13H,1-3,8-10H2. The maximum atomic E-state index is 12.0. The number of ether oxygens (including phenoxy) is 1. The highest BCUT2D eigenvalue weighted by Crippen LogP contribution is 2.17. The molecule has 0 amide bonds. The molecular weight excluding hydrogens is 224 g/mol. The lowest BCUT2D eigenvalue weighted by Gasteiger charge is -2.26. The van der Waals surface area contributed by atoms with Gasteiger partial charge in [0.25, 0.3) is 0 Å². The fourth-order valence-corrected chi connectivity index (χ4v) is 2.15. The summed E-state index contributed by atoms with van der Waals surface area (Å²) < 4.78 is 28.2. The average molecular weight is 241 g/mol. The molecule has 1 heterocycles. The summed E-state index contributed by atoms with van der Waals surface area (Å²) in [6, 6.07) is 6.91. The number of benzene rings is 1. The third-order valence-corrected chi connectivity index (χ3v) is 3.00. The Morgan fingerprint density at radius 2 is 1.71 bits per heavy atom. The monoisotopic (exact) mass is 241 g/mol. The summed E-state index contributed by atoms with van der Waals surface area (Å²) in [5.41, 5.74) is 1.15. The maximum Gasteiger partial charge on any atom is 0.387 e. The van der Waals surface area contributed by atoms with Gasteiger partial charge in [-0.15, -0.1) is 0 Å². The van der Waals surface area contributed by atoms with Gasteiger partial charge in [0.05, 0.1) is 0 Å². The third kappa shape index (κ3) is 3.97. The lowest BCUT2D eigenvalue weighted by atomic mass is 10.1. The molecule has 2 rings (SSSR count). The second-order valence-electron chi connectivity index (χ2n) is 4.36. The average Bonchev–Trinajstić information content (AvgIpc) is 2.32. The van der Waals surface area contributed by atoms with E-state index in [-0.39, 0.29) is 5.75 Å². The van der Waals surface area contributed by atoms with Gasteiger partial charge in [0.15, 0.2) is 0 Å². The number of hydrogen-bond donors (Lipinski definition) is 0. The normalized spacial score (nSPS) is 17.4. The van der Waals surface area contributed by atoms with Crippen molar-refractivity contribution in [2.75, 3.05) is 13.1 Å². The highest BCUT2D eigenvalue weighted by atomic mass is 19.3. The number of nitrogens with zero attached hydrogens (tertiary/aromatic N) is 1. The van der Waals surface area contributed by atoms with Gasteiger partial charge < -0.3 is 4.74 Å². The van der Waals surface area contributed by atoms with Crippen LogP contribution in [0.25, 0.3) is 0 Å². The first-order valence-electron chi connectivity index (χ1n) is 6.00. The number of piperidine rings is 1. The predicted octanol–water partition coefficient (Wildman–Crippen LogP) is 3.27. The van der Waals surface area contributed by atoms with Crippen LogP contribution in [-0.4, -0.2) is 24.6 Å². The summed E-state index contributed by atoms with van der Waals surface area (Å²) in [5, 5.41) is 0. The molecule has 0 spiro atoms. The first-order chi connectivity index (χ1) is 8.24. The Balaban J connectivity index is 1.88. The third-order valence-electron chi connectivity index (χ3n) is 3.00. The number of alkyl halides is 2. The molecule has 0 saturated carbocycles. The summed E-state index contributed by atoms with van der Waals surface area (Å²) >= 11 is 0. The minimum Gasteiger partial charge on any atom is -0.435 e. The van der Waals surface area contributed by atoms with Crippen molar-refractivity contribution in [2.45, 2.75) is 32.4 Å². The summed E-state index contributed by atoms with van der Waals surface area (Å²) in [7, 11) is 0. The van der Waals surface area contributed by atoms with Crippen LogP contribution in [0.1, 0.15) is 24.8 Å². The van der Waals surface area contributed by atoms with Crippen LogP contribution in [0.5, 0.6) is 5.75 Å². The van der Waals surface area contributed by atoms with Crippen LogP contribution in [0.15, 0.2) is 24.3 Å². The Labute approximate surface area is 100 Å². The molecule has 0 unspecified atom stereocenters. The van der Waals surface area contributed by atoms with Crippen LogP contribution in [0, 0.1) is 0 Å². The molecule has 0 atom stereocenters. The molecule has 0 radical (unpaired) electrons. The predicted molar refractivity (Wildman–Crippen MR) is 62.2 cm³/mol. The van der Waals surface area contributed by atoms with Crippen molar-refractivity contribution in [1.82, 2.24) is 4.90 Å². The molecule has 17 heavy (non-hydrogen) atoms. The first-order valence-corrected chi connectivity index (χ1v) is 6.00. The topological polar surface area (TPSA) is 12.5 Å². The van der Waals surface area contributed by atoms with Crippen LogP contribution in [0.4, 0.5) is 8.78 Å². The molecule has 1 aliphatic heterocycles. The lowest BCUT2D eigenvalue weighted by Crippen LogP contribution is -2.29. The fraction of sp³-hybridized carbons (Fsp3) is 0.538. The van der Waals surface area contributed by atoms with E-state index in [1.807, 2.05) is 12.1 Å². The number of rotatable bonds is 4. The molecular formula is C13H17F2NO. The van der Waals surface area contributed by atoms with Crippen molar-refractivity contribution in [2.24, 2.45) is 0 Å². The Morgan fingerprint density at radius 3 is 2.29 bits per heavy atom. The molecule has 1 saturated heterocycles. The van der Waals surface area contributed by atoms with Gasteiger partial charge in [0.2, 0.25) is 0 Å². The minimum absolute atomic E-state index is 0.224. The van der Waals surface area contributed by atoms with E-state index in [4.69, 9.17) is 0 Å². The van der Waals surface area contributed by atoms with Crippen molar-refractivity contribution >= 4 is 0 Å². The van der Waals surface area contributed by atoms with Gasteiger partial charge >= 0.3 is 6.61 Å². The van der Waals surface area contributed by atoms with Crippen molar-refractivity contribution in [1.29, 1.82) is 0 Å². The van der Waals surface area contributed by atoms with E-state index >= 15 is 0 Å². The van der Waals surface area contributed by atoms with Crippen LogP contribution in [0.2, 0.25) is 0 Å². The van der Waals surface area contributed by atoms with Crippen LogP contribution >= 0.6 is 0 Å². The Bertz CT molecular complexity index is 334. The molecule has 0 N–H and O–H groups in total. The first kappa shape index (κ1) is 12.3.